The Bertz CT molecular complexity index is 834. The van der Waals surface area contributed by atoms with E-state index in [-0.39, 0.29) is 10.7 Å². The van der Waals surface area contributed by atoms with Gasteiger partial charge >= 0.3 is 0 Å². The fourth-order valence-corrected chi connectivity index (χ4v) is 2.81. The molecular weight excluding hydrogens is 341 g/mol. The molecule has 0 aliphatic carbocycles. The Labute approximate surface area is 147 Å². The Kier molecular flexibility index (Phi) is 6.52. The van der Waals surface area contributed by atoms with Gasteiger partial charge < -0.3 is 10.6 Å². The molecule has 2 N–H and O–H groups in total. The molecule has 0 saturated heterocycles. The van der Waals surface area contributed by atoms with Gasteiger partial charge in [-0.1, -0.05) is 30.3 Å². The minimum Gasteiger partial charge on any atom is -0.357 e. The standard InChI is InChI=1S/C18H22FN3O2S/c1-3-20-18(22-13-15-6-4-5-7-17(15)19)21-12-14-8-10-16(11-9-14)25(2,23)24/h4-11H,3,12-13H2,1-2H3,(H2,20,21,22). The predicted octanol–water partition coefficient (Wildman–Crippen LogP) is 2.48. The number of guanidine groups is 1. The van der Waals surface area contributed by atoms with Crippen LogP contribution in [0.25, 0.3) is 0 Å². The van der Waals surface area contributed by atoms with Crippen molar-refractivity contribution in [3.8, 4) is 0 Å². The van der Waals surface area contributed by atoms with Crippen molar-refractivity contribution in [1.29, 1.82) is 0 Å². The van der Waals surface area contributed by atoms with Crippen molar-refractivity contribution in [2.75, 3.05) is 12.8 Å². The summed E-state index contributed by atoms with van der Waals surface area (Å²) in [4.78, 5) is 4.73. The molecule has 0 amide bonds. The van der Waals surface area contributed by atoms with Crippen LogP contribution >= 0.6 is 0 Å². The summed E-state index contributed by atoms with van der Waals surface area (Å²) >= 11 is 0. The quantitative estimate of drug-likeness (QED) is 0.611. The molecule has 7 heteroatoms. The van der Waals surface area contributed by atoms with Crippen LogP contribution in [0.4, 0.5) is 4.39 Å². The first-order valence-electron chi connectivity index (χ1n) is 7.94. The lowest BCUT2D eigenvalue weighted by atomic mass is 10.2. The third-order valence-corrected chi connectivity index (χ3v) is 4.65. The van der Waals surface area contributed by atoms with Crippen molar-refractivity contribution in [2.45, 2.75) is 24.9 Å². The molecular formula is C18H22FN3O2S. The van der Waals surface area contributed by atoms with Crippen molar-refractivity contribution in [1.82, 2.24) is 10.6 Å². The van der Waals surface area contributed by atoms with Crippen LogP contribution in [0, 0.1) is 5.82 Å². The summed E-state index contributed by atoms with van der Waals surface area (Å²) in [6, 6.07) is 13.2. The molecule has 2 aromatic rings. The molecule has 2 rings (SSSR count). The highest BCUT2D eigenvalue weighted by Gasteiger charge is 2.06. The van der Waals surface area contributed by atoms with Gasteiger partial charge in [0, 0.05) is 24.9 Å². The molecule has 0 spiro atoms. The van der Waals surface area contributed by atoms with Crippen LogP contribution in [-0.2, 0) is 22.9 Å². The average molecular weight is 363 g/mol. The number of halogens is 1. The van der Waals surface area contributed by atoms with Gasteiger partial charge in [-0.05, 0) is 30.7 Å². The summed E-state index contributed by atoms with van der Waals surface area (Å²) in [5.74, 6) is 0.306. The molecule has 0 aromatic heterocycles. The molecule has 0 bridgehead atoms. The Balaban J connectivity index is 2.03. The van der Waals surface area contributed by atoms with Crippen LogP contribution in [0.2, 0.25) is 0 Å². The van der Waals surface area contributed by atoms with Crippen LogP contribution in [0.3, 0.4) is 0 Å². The number of hydrogen-bond donors (Lipinski definition) is 2. The van der Waals surface area contributed by atoms with Crippen LogP contribution < -0.4 is 10.6 Å². The van der Waals surface area contributed by atoms with Gasteiger partial charge in [-0.2, -0.15) is 0 Å². The molecule has 0 fully saturated rings. The van der Waals surface area contributed by atoms with Gasteiger partial charge in [-0.25, -0.2) is 17.8 Å². The van der Waals surface area contributed by atoms with Gasteiger partial charge in [0.05, 0.1) is 11.4 Å². The van der Waals surface area contributed by atoms with Crippen molar-refractivity contribution in [2.24, 2.45) is 4.99 Å². The van der Waals surface area contributed by atoms with Gasteiger partial charge in [0.15, 0.2) is 15.8 Å². The van der Waals surface area contributed by atoms with E-state index in [1.165, 1.54) is 12.3 Å². The molecule has 0 atom stereocenters. The highest BCUT2D eigenvalue weighted by atomic mass is 32.2. The van der Waals surface area contributed by atoms with Crippen molar-refractivity contribution < 1.29 is 12.8 Å². The highest BCUT2D eigenvalue weighted by molar-refractivity contribution is 7.90. The first-order chi connectivity index (χ1) is 11.9. The third-order valence-electron chi connectivity index (χ3n) is 3.52. The van der Waals surface area contributed by atoms with Gasteiger partial charge in [-0.15, -0.1) is 0 Å². The maximum Gasteiger partial charge on any atom is 0.191 e. The van der Waals surface area contributed by atoms with E-state index in [1.807, 2.05) is 6.92 Å². The lowest BCUT2D eigenvalue weighted by molar-refractivity contribution is 0.601. The van der Waals surface area contributed by atoms with Crippen LogP contribution in [-0.4, -0.2) is 27.2 Å². The zero-order valence-corrected chi connectivity index (χ0v) is 15.1. The lowest BCUT2D eigenvalue weighted by Crippen LogP contribution is -2.37. The van der Waals surface area contributed by atoms with Crippen LogP contribution in [0.15, 0.2) is 58.4 Å². The SMILES string of the molecule is CCNC(=NCc1ccc(S(C)(=O)=O)cc1)NCc1ccccc1F. The maximum absolute atomic E-state index is 13.7. The summed E-state index contributed by atoms with van der Waals surface area (Å²) in [6.07, 6.45) is 1.18. The molecule has 0 heterocycles. The van der Waals surface area contributed by atoms with Gasteiger partial charge in [0.2, 0.25) is 0 Å². The monoisotopic (exact) mass is 363 g/mol. The molecule has 134 valence electrons. The minimum absolute atomic E-state index is 0.262. The summed E-state index contributed by atoms with van der Waals surface area (Å²) in [5.41, 5.74) is 1.45. The second kappa shape index (κ2) is 8.62. The zero-order valence-electron chi connectivity index (χ0n) is 14.3. The highest BCUT2D eigenvalue weighted by Crippen LogP contribution is 2.11. The Morgan fingerprint density at radius 1 is 1.08 bits per heavy atom. The molecule has 0 aliphatic rings. The van der Waals surface area contributed by atoms with E-state index >= 15 is 0 Å². The molecule has 5 nitrogen and oxygen atoms in total. The van der Waals surface area contributed by atoms with Gasteiger partial charge in [-0.3, -0.25) is 0 Å². The third kappa shape index (κ3) is 5.86. The molecule has 0 saturated carbocycles. The topological polar surface area (TPSA) is 70.6 Å². The van der Waals surface area contributed by atoms with Crippen molar-refractivity contribution in [3.63, 3.8) is 0 Å². The van der Waals surface area contributed by atoms with E-state index < -0.39 is 9.84 Å². The lowest BCUT2D eigenvalue weighted by Gasteiger charge is -2.12. The van der Waals surface area contributed by atoms with Crippen molar-refractivity contribution in [3.05, 3.63) is 65.5 Å². The van der Waals surface area contributed by atoms with Gasteiger partial charge in [0.1, 0.15) is 5.82 Å². The number of aliphatic imine (C=N–C) groups is 1. The Hall–Kier alpha value is -2.41. The number of nitrogens with zero attached hydrogens (tertiary/aromatic N) is 1. The van der Waals surface area contributed by atoms with E-state index in [4.69, 9.17) is 0 Å². The number of hydrogen-bond acceptors (Lipinski definition) is 3. The minimum atomic E-state index is -3.20. The summed E-state index contributed by atoms with van der Waals surface area (Å²) in [5, 5.41) is 6.19. The second-order valence-electron chi connectivity index (χ2n) is 5.56. The zero-order chi connectivity index (χ0) is 18.3. The number of nitrogens with one attached hydrogen (secondary N) is 2. The van der Waals surface area contributed by atoms with E-state index in [2.05, 4.69) is 15.6 Å². The summed E-state index contributed by atoms with van der Waals surface area (Å²) in [6.45, 7) is 3.33. The number of rotatable bonds is 6. The van der Waals surface area contributed by atoms with Crippen LogP contribution in [0.5, 0.6) is 0 Å². The molecule has 0 unspecified atom stereocenters. The summed E-state index contributed by atoms with van der Waals surface area (Å²) < 4.78 is 36.6. The predicted molar refractivity (Wildman–Crippen MR) is 97.6 cm³/mol. The molecule has 0 aliphatic heterocycles. The van der Waals surface area contributed by atoms with Crippen LogP contribution in [0.1, 0.15) is 18.1 Å². The van der Waals surface area contributed by atoms with Gasteiger partial charge in [0.25, 0.3) is 0 Å². The summed E-state index contributed by atoms with van der Waals surface area (Å²) in [7, 11) is -3.20. The first kappa shape index (κ1) is 18.9. The van der Waals surface area contributed by atoms with Crippen molar-refractivity contribution >= 4 is 15.8 Å². The molecule has 0 radical (unpaired) electrons. The Morgan fingerprint density at radius 2 is 1.76 bits per heavy atom. The fourth-order valence-electron chi connectivity index (χ4n) is 2.17. The van der Waals surface area contributed by atoms with E-state index in [1.54, 1.807) is 42.5 Å². The molecule has 25 heavy (non-hydrogen) atoms. The molecule has 2 aromatic carbocycles. The maximum atomic E-state index is 13.7. The largest absolute Gasteiger partial charge is 0.357 e. The van der Waals surface area contributed by atoms with E-state index in [0.29, 0.717) is 31.2 Å². The average Bonchev–Trinajstić information content (AvgIpc) is 2.58. The fraction of sp³-hybridized carbons (Fsp3) is 0.278. The van der Waals surface area contributed by atoms with E-state index in [9.17, 15) is 12.8 Å². The second-order valence-corrected chi connectivity index (χ2v) is 7.57. The number of sulfone groups is 1. The smallest absolute Gasteiger partial charge is 0.191 e. The normalized spacial score (nSPS) is 12.0. The van der Waals surface area contributed by atoms with E-state index in [0.717, 1.165) is 5.56 Å². The number of benzene rings is 2. The first-order valence-corrected chi connectivity index (χ1v) is 9.84. The Morgan fingerprint density at radius 3 is 2.36 bits per heavy atom.